The highest BCUT2D eigenvalue weighted by atomic mass is 16.4. The molecule has 6 nitrogen and oxygen atoms in total. The van der Waals surface area contributed by atoms with E-state index in [2.05, 4.69) is 40.5 Å². The second-order valence-corrected chi connectivity index (χ2v) is 4.12. The summed E-state index contributed by atoms with van der Waals surface area (Å²) in [6.45, 7) is 5.71. The lowest BCUT2D eigenvalue weighted by molar-refractivity contribution is -0.159. The van der Waals surface area contributed by atoms with Gasteiger partial charge >= 0.3 is 11.9 Å². The summed E-state index contributed by atoms with van der Waals surface area (Å²) in [6.07, 6.45) is 0. The second-order valence-electron chi connectivity index (χ2n) is 4.12. The van der Waals surface area contributed by atoms with Gasteiger partial charge in [-0.15, -0.1) is 0 Å². The first-order chi connectivity index (χ1) is 9.09. The molecule has 1 aromatic rings. The van der Waals surface area contributed by atoms with Crippen LogP contribution in [0.25, 0.3) is 0 Å². The number of carbonyl (C=O) groups is 2. The highest BCUT2D eigenvalue weighted by Crippen LogP contribution is 2.04. The number of benzene rings is 1. The summed E-state index contributed by atoms with van der Waals surface area (Å²) in [6, 6.07) is 10.7. The Morgan fingerprint density at radius 3 is 2.05 bits per heavy atom. The van der Waals surface area contributed by atoms with E-state index < -0.39 is 11.9 Å². The van der Waals surface area contributed by atoms with Crippen molar-refractivity contribution in [1.29, 1.82) is 0 Å². The lowest BCUT2D eigenvalue weighted by atomic mass is 10.2. The van der Waals surface area contributed by atoms with Gasteiger partial charge in [0, 0.05) is 32.7 Å². The zero-order valence-corrected chi connectivity index (χ0v) is 10.6. The van der Waals surface area contributed by atoms with Gasteiger partial charge in [0.05, 0.1) is 0 Å². The van der Waals surface area contributed by atoms with Crippen LogP contribution in [0.2, 0.25) is 0 Å². The summed E-state index contributed by atoms with van der Waals surface area (Å²) >= 11 is 0. The van der Waals surface area contributed by atoms with Crippen LogP contribution in [0, 0.1) is 0 Å². The number of carboxylic acids is 2. The van der Waals surface area contributed by atoms with Crippen LogP contribution in [-0.4, -0.2) is 53.2 Å². The predicted octanol–water partition coefficient (Wildman–Crippen LogP) is 0.247. The minimum Gasteiger partial charge on any atom is -0.473 e. The normalized spacial score (nSPS) is 15.2. The highest BCUT2D eigenvalue weighted by molar-refractivity contribution is 6.27. The zero-order chi connectivity index (χ0) is 14.1. The molecule has 0 unspecified atom stereocenters. The molecular weight excluding hydrogens is 248 g/mol. The summed E-state index contributed by atoms with van der Waals surface area (Å²) < 4.78 is 0. The smallest absolute Gasteiger partial charge is 0.414 e. The molecule has 0 aromatic heterocycles. The largest absolute Gasteiger partial charge is 0.473 e. The Kier molecular flexibility index (Phi) is 6.56. The fourth-order valence-electron chi connectivity index (χ4n) is 1.71. The van der Waals surface area contributed by atoms with Crippen molar-refractivity contribution in [2.75, 3.05) is 26.2 Å². The van der Waals surface area contributed by atoms with Gasteiger partial charge in [0.25, 0.3) is 0 Å². The van der Waals surface area contributed by atoms with Crippen LogP contribution in [0.15, 0.2) is 30.3 Å². The molecule has 0 atom stereocenters. The lowest BCUT2D eigenvalue weighted by Gasteiger charge is -2.27. The van der Waals surface area contributed by atoms with E-state index in [0.29, 0.717) is 0 Å². The molecule has 1 saturated heterocycles. The first-order valence-corrected chi connectivity index (χ1v) is 6.03. The topological polar surface area (TPSA) is 89.9 Å². The monoisotopic (exact) mass is 266 g/mol. The van der Waals surface area contributed by atoms with E-state index >= 15 is 0 Å². The Labute approximate surface area is 111 Å². The van der Waals surface area contributed by atoms with E-state index in [9.17, 15) is 0 Å². The van der Waals surface area contributed by atoms with E-state index in [1.165, 1.54) is 18.7 Å². The molecule has 0 spiro atoms. The van der Waals surface area contributed by atoms with Gasteiger partial charge in [-0.3, -0.25) is 4.90 Å². The summed E-state index contributed by atoms with van der Waals surface area (Å²) in [5.74, 6) is -3.65. The van der Waals surface area contributed by atoms with Crippen LogP contribution < -0.4 is 5.32 Å². The van der Waals surface area contributed by atoms with Gasteiger partial charge in [-0.25, -0.2) is 9.59 Å². The second kappa shape index (κ2) is 8.23. The van der Waals surface area contributed by atoms with Gasteiger partial charge in [-0.1, -0.05) is 30.3 Å². The van der Waals surface area contributed by atoms with Crippen molar-refractivity contribution < 1.29 is 19.8 Å². The predicted molar refractivity (Wildman–Crippen MR) is 69.9 cm³/mol. The molecule has 0 radical (unpaired) electrons. The quantitative estimate of drug-likeness (QED) is 0.665. The lowest BCUT2D eigenvalue weighted by Crippen LogP contribution is -2.42. The molecule has 1 fully saturated rings. The average molecular weight is 266 g/mol. The van der Waals surface area contributed by atoms with Gasteiger partial charge < -0.3 is 15.5 Å². The Balaban J connectivity index is 0.000000258. The fraction of sp³-hybridized carbons (Fsp3) is 0.385. The zero-order valence-electron chi connectivity index (χ0n) is 10.6. The molecule has 1 heterocycles. The van der Waals surface area contributed by atoms with Crippen molar-refractivity contribution in [3.8, 4) is 0 Å². The Morgan fingerprint density at radius 2 is 1.58 bits per heavy atom. The first kappa shape index (κ1) is 15.1. The van der Waals surface area contributed by atoms with Crippen LogP contribution in [0.3, 0.4) is 0 Å². The number of hydrogen-bond donors (Lipinski definition) is 3. The van der Waals surface area contributed by atoms with Crippen molar-refractivity contribution in [2.24, 2.45) is 0 Å². The van der Waals surface area contributed by atoms with Gasteiger partial charge in [0.1, 0.15) is 0 Å². The summed E-state index contributed by atoms with van der Waals surface area (Å²) in [5.41, 5.74) is 1.42. The molecule has 0 saturated carbocycles. The third-order valence-corrected chi connectivity index (χ3v) is 2.64. The van der Waals surface area contributed by atoms with Crippen molar-refractivity contribution in [1.82, 2.24) is 10.2 Å². The van der Waals surface area contributed by atoms with Gasteiger partial charge in [0.15, 0.2) is 0 Å². The molecule has 104 valence electrons. The maximum absolute atomic E-state index is 9.10. The van der Waals surface area contributed by atoms with Gasteiger partial charge in [-0.05, 0) is 5.56 Å². The number of rotatable bonds is 2. The first-order valence-electron chi connectivity index (χ1n) is 6.03. The van der Waals surface area contributed by atoms with Crippen molar-refractivity contribution >= 4 is 11.9 Å². The average Bonchev–Trinajstić information content (AvgIpc) is 2.41. The Hall–Kier alpha value is -1.92. The molecule has 0 amide bonds. The van der Waals surface area contributed by atoms with Crippen molar-refractivity contribution in [3.63, 3.8) is 0 Å². The van der Waals surface area contributed by atoms with Crippen LogP contribution >= 0.6 is 0 Å². The molecule has 3 N–H and O–H groups in total. The summed E-state index contributed by atoms with van der Waals surface area (Å²) in [5, 5.41) is 18.1. The Bertz CT molecular complexity index is 390. The van der Waals surface area contributed by atoms with E-state index in [-0.39, 0.29) is 0 Å². The SMILES string of the molecule is O=C(O)C(=O)O.c1ccc(CN2CCNCC2)cc1. The molecule has 2 rings (SSSR count). The maximum Gasteiger partial charge on any atom is 0.414 e. The minimum absolute atomic E-state index is 1.10. The number of carboxylic acid groups (broad SMARTS) is 2. The molecule has 1 aliphatic heterocycles. The number of aliphatic carboxylic acids is 2. The van der Waals surface area contributed by atoms with E-state index in [1.807, 2.05) is 0 Å². The molecule has 0 aliphatic carbocycles. The number of nitrogens with zero attached hydrogens (tertiary/aromatic N) is 1. The summed E-state index contributed by atoms with van der Waals surface area (Å²) in [7, 11) is 0. The van der Waals surface area contributed by atoms with Crippen LogP contribution in [0.5, 0.6) is 0 Å². The molecule has 1 aromatic carbocycles. The summed E-state index contributed by atoms with van der Waals surface area (Å²) in [4.78, 5) is 20.7. The van der Waals surface area contributed by atoms with Crippen LogP contribution in [0.4, 0.5) is 0 Å². The number of hydrogen-bond acceptors (Lipinski definition) is 4. The molecular formula is C13H18N2O4. The van der Waals surface area contributed by atoms with E-state index in [4.69, 9.17) is 19.8 Å². The molecule has 1 aliphatic rings. The highest BCUT2D eigenvalue weighted by Gasteiger charge is 2.08. The number of nitrogens with one attached hydrogen (secondary N) is 1. The van der Waals surface area contributed by atoms with Crippen molar-refractivity contribution in [2.45, 2.75) is 6.54 Å². The van der Waals surface area contributed by atoms with Crippen molar-refractivity contribution in [3.05, 3.63) is 35.9 Å². The van der Waals surface area contributed by atoms with E-state index in [1.54, 1.807) is 0 Å². The maximum atomic E-state index is 9.10. The van der Waals surface area contributed by atoms with Gasteiger partial charge in [-0.2, -0.15) is 0 Å². The third-order valence-electron chi connectivity index (χ3n) is 2.64. The van der Waals surface area contributed by atoms with E-state index in [0.717, 1.165) is 19.6 Å². The molecule has 6 heteroatoms. The van der Waals surface area contributed by atoms with Gasteiger partial charge in [0.2, 0.25) is 0 Å². The van der Waals surface area contributed by atoms with Crippen LogP contribution in [0.1, 0.15) is 5.56 Å². The standard InChI is InChI=1S/C11H16N2.C2H2O4/c1-2-4-11(5-3-1)10-13-8-6-12-7-9-13;3-1(4)2(5)6/h1-5,12H,6-10H2;(H,3,4)(H,5,6). The minimum atomic E-state index is -1.82. The fourth-order valence-corrected chi connectivity index (χ4v) is 1.71. The molecule has 0 bridgehead atoms. The molecule has 19 heavy (non-hydrogen) atoms. The Morgan fingerprint density at radius 1 is 1.05 bits per heavy atom. The third kappa shape index (κ3) is 6.54. The van der Waals surface area contributed by atoms with Crippen LogP contribution in [-0.2, 0) is 16.1 Å². The number of piperazine rings is 1.